The number of hydrogen-bond acceptors (Lipinski definition) is 8. The molecule has 1 aromatic heterocycles. The topological polar surface area (TPSA) is 77.7 Å². The lowest BCUT2D eigenvalue weighted by molar-refractivity contribution is -0.686. The molecule has 0 amide bonds. The third kappa shape index (κ3) is 6.42. The highest BCUT2D eigenvalue weighted by molar-refractivity contribution is 5.91. The molecule has 0 radical (unpaired) electrons. The minimum absolute atomic E-state index is 0. The van der Waals surface area contributed by atoms with Gasteiger partial charge in [0.2, 0.25) is 12.5 Å². The zero-order valence-corrected chi connectivity index (χ0v) is 22.6. The molecular formula is C28H34ClNO8. The van der Waals surface area contributed by atoms with Crippen LogP contribution in [0.2, 0.25) is 0 Å². The summed E-state index contributed by atoms with van der Waals surface area (Å²) in [5.41, 5.74) is 3.59. The first-order valence-electron chi connectivity index (χ1n) is 12.6. The monoisotopic (exact) mass is 547 g/mol. The van der Waals surface area contributed by atoms with Crippen molar-refractivity contribution in [3.05, 3.63) is 42.1 Å². The number of aromatic nitrogens is 1. The molecule has 2 aromatic carbocycles. The fourth-order valence-corrected chi connectivity index (χ4v) is 4.59. The van der Waals surface area contributed by atoms with Crippen LogP contribution < -0.4 is 35.9 Å². The van der Waals surface area contributed by atoms with E-state index in [2.05, 4.69) is 35.0 Å². The number of nitrogens with zero attached hydrogens (tertiary/aromatic N) is 1. The van der Waals surface area contributed by atoms with E-state index in [1.165, 1.54) is 11.1 Å². The summed E-state index contributed by atoms with van der Waals surface area (Å²) in [4.78, 5) is 0. The van der Waals surface area contributed by atoms with Gasteiger partial charge in [0.1, 0.15) is 6.61 Å². The zero-order valence-electron chi connectivity index (χ0n) is 21.8. The normalized spacial score (nSPS) is 13.1. The Morgan fingerprint density at radius 2 is 1.50 bits per heavy atom. The molecule has 0 atom stereocenters. The van der Waals surface area contributed by atoms with Crippen molar-refractivity contribution in [2.24, 2.45) is 0 Å². The molecule has 206 valence electrons. The number of fused-ring (bicyclic) bond motifs is 5. The standard InChI is InChI=1S/C28H34NO8.ClH/c1-30-7-8-32-9-10-33-11-12-34-13-14-35-28-23-18-29-6-5-21-16-26-27(37-19-36-26)17-22(21)24(29)15-20(23)3-4-25(28)31-2;/h3-4,15-18H,5-14,19H2,1-2H3;1H/q+1;/p-1. The molecule has 9 nitrogen and oxygen atoms in total. The van der Waals surface area contributed by atoms with Crippen LogP contribution >= 0.6 is 0 Å². The quantitative estimate of drug-likeness (QED) is 0.209. The molecule has 2 aliphatic heterocycles. The number of rotatable bonds is 14. The second kappa shape index (κ2) is 13.8. The first kappa shape index (κ1) is 28.2. The first-order valence-corrected chi connectivity index (χ1v) is 12.6. The van der Waals surface area contributed by atoms with Crippen LogP contribution in [0.5, 0.6) is 23.0 Å². The van der Waals surface area contributed by atoms with Crippen LogP contribution in [0.25, 0.3) is 22.0 Å². The van der Waals surface area contributed by atoms with E-state index in [4.69, 9.17) is 37.9 Å². The third-order valence-electron chi connectivity index (χ3n) is 6.45. The number of pyridine rings is 1. The van der Waals surface area contributed by atoms with Crippen LogP contribution in [0, 0.1) is 0 Å². The highest BCUT2D eigenvalue weighted by atomic mass is 35.5. The van der Waals surface area contributed by atoms with E-state index in [-0.39, 0.29) is 19.2 Å². The van der Waals surface area contributed by atoms with Gasteiger partial charge in [-0.2, -0.15) is 4.57 Å². The van der Waals surface area contributed by atoms with Gasteiger partial charge in [-0.05, 0) is 35.2 Å². The summed E-state index contributed by atoms with van der Waals surface area (Å²) in [5, 5.41) is 2.08. The molecule has 38 heavy (non-hydrogen) atoms. The Morgan fingerprint density at radius 1 is 0.816 bits per heavy atom. The van der Waals surface area contributed by atoms with Gasteiger partial charge < -0.3 is 50.3 Å². The largest absolute Gasteiger partial charge is 1.00 e. The van der Waals surface area contributed by atoms with Gasteiger partial charge in [0.05, 0.1) is 64.3 Å². The van der Waals surface area contributed by atoms with Crippen molar-refractivity contribution in [2.75, 3.05) is 73.9 Å². The highest BCUT2D eigenvalue weighted by Gasteiger charge is 2.28. The Balaban J connectivity index is 0.00000336. The Kier molecular flexibility index (Phi) is 10.3. The summed E-state index contributed by atoms with van der Waals surface area (Å²) >= 11 is 0. The maximum atomic E-state index is 6.17. The van der Waals surface area contributed by atoms with Crippen LogP contribution in [0.1, 0.15) is 5.56 Å². The summed E-state index contributed by atoms with van der Waals surface area (Å²) < 4.78 is 46.7. The lowest BCUT2D eigenvalue weighted by Crippen LogP contribution is -3.00. The van der Waals surface area contributed by atoms with Gasteiger partial charge in [-0.25, -0.2) is 0 Å². The number of hydrogen-bond donors (Lipinski definition) is 0. The Bertz CT molecular complexity index is 1220. The van der Waals surface area contributed by atoms with Crippen molar-refractivity contribution in [1.29, 1.82) is 0 Å². The van der Waals surface area contributed by atoms with E-state index in [0.717, 1.165) is 46.7 Å². The molecule has 0 N–H and O–H groups in total. The van der Waals surface area contributed by atoms with Crippen LogP contribution in [0.4, 0.5) is 0 Å². The Labute approximate surface area is 228 Å². The van der Waals surface area contributed by atoms with Gasteiger partial charge in [0.15, 0.2) is 35.7 Å². The third-order valence-corrected chi connectivity index (χ3v) is 6.45. The first-order chi connectivity index (χ1) is 18.3. The maximum Gasteiger partial charge on any atom is 0.231 e. The molecule has 0 saturated heterocycles. The zero-order chi connectivity index (χ0) is 25.5. The van der Waals surface area contributed by atoms with E-state index in [1.54, 1.807) is 14.2 Å². The number of methoxy groups -OCH3 is 2. The average Bonchev–Trinajstić information content (AvgIpc) is 3.39. The molecule has 2 aliphatic rings. The molecule has 0 unspecified atom stereocenters. The van der Waals surface area contributed by atoms with Crippen LogP contribution in [0.3, 0.4) is 0 Å². The van der Waals surface area contributed by atoms with Gasteiger partial charge >= 0.3 is 0 Å². The maximum absolute atomic E-state index is 6.17. The molecule has 0 bridgehead atoms. The molecule has 0 aliphatic carbocycles. The van der Waals surface area contributed by atoms with Gasteiger partial charge in [-0.3, -0.25) is 0 Å². The minimum atomic E-state index is 0. The van der Waals surface area contributed by atoms with E-state index >= 15 is 0 Å². The van der Waals surface area contributed by atoms with Crippen molar-refractivity contribution in [1.82, 2.24) is 0 Å². The lowest BCUT2D eigenvalue weighted by Gasteiger charge is -2.18. The van der Waals surface area contributed by atoms with Crippen LogP contribution in [0.15, 0.2) is 36.5 Å². The summed E-state index contributed by atoms with van der Waals surface area (Å²) in [7, 11) is 3.31. The molecule has 0 fully saturated rings. The number of halogens is 1. The van der Waals surface area contributed by atoms with E-state index < -0.39 is 0 Å². The fourth-order valence-electron chi connectivity index (χ4n) is 4.59. The number of benzene rings is 2. The predicted molar refractivity (Wildman–Crippen MR) is 136 cm³/mol. The summed E-state index contributed by atoms with van der Waals surface area (Å²) in [5.74, 6) is 3.05. The second-order valence-electron chi connectivity index (χ2n) is 8.74. The van der Waals surface area contributed by atoms with Crippen molar-refractivity contribution in [3.8, 4) is 34.3 Å². The Morgan fingerprint density at radius 3 is 2.21 bits per heavy atom. The van der Waals surface area contributed by atoms with Crippen molar-refractivity contribution in [3.63, 3.8) is 0 Å². The molecule has 3 heterocycles. The average molecular weight is 548 g/mol. The number of ether oxygens (including phenoxy) is 8. The van der Waals surface area contributed by atoms with Crippen molar-refractivity contribution < 1.29 is 54.9 Å². The fraction of sp³-hybridized carbons (Fsp3) is 0.464. The van der Waals surface area contributed by atoms with Crippen molar-refractivity contribution >= 4 is 10.8 Å². The van der Waals surface area contributed by atoms with Gasteiger partial charge in [-0.15, -0.1) is 0 Å². The lowest BCUT2D eigenvalue weighted by atomic mass is 9.95. The molecule has 10 heteroatoms. The molecule has 0 saturated carbocycles. The van der Waals surface area contributed by atoms with E-state index in [9.17, 15) is 0 Å². The SMILES string of the molecule is COCCOCCOCCOCCOc1c(OC)ccc2cc3[n+](cc12)CCc1cc2c(cc1-3)OCO2.[Cl-]. The highest BCUT2D eigenvalue weighted by Crippen LogP contribution is 2.41. The smallest absolute Gasteiger partial charge is 0.231 e. The van der Waals surface area contributed by atoms with Gasteiger partial charge in [-0.1, -0.05) is 0 Å². The van der Waals surface area contributed by atoms with Gasteiger partial charge in [0.25, 0.3) is 0 Å². The van der Waals surface area contributed by atoms with E-state index in [1.807, 2.05) is 6.07 Å². The summed E-state index contributed by atoms with van der Waals surface area (Å²) in [6.45, 7) is 5.25. The summed E-state index contributed by atoms with van der Waals surface area (Å²) in [6, 6.07) is 10.4. The van der Waals surface area contributed by atoms with E-state index in [0.29, 0.717) is 58.6 Å². The van der Waals surface area contributed by atoms with Gasteiger partial charge in [0, 0.05) is 19.6 Å². The number of aryl methyl sites for hydroxylation is 2. The predicted octanol–water partition coefficient (Wildman–Crippen LogP) is 0.167. The minimum Gasteiger partial charge on any atom is -1.00 e. The van der Waals surface area contributed by atoms with Crippen LogP contribution in [-0.4, -0.2) is 73.9 Å². The van der Waals surface area contributed by atoms with Crippen molar-refractivity contribution in [2.45, 2.75) is 13.0 Å². The van der Waals surface area contributed by atoms with Crippen LogP contribution in [-0.2, 0) is 31.9 Å². The Hall–Kier alpha value is -2.82. The summed E-state index contributed by atoms with van der Waals surface area (Å²) in [6.07, 6.45) is 3.07. The second-order valence-corrected chi connectivity index (χ2v) is 8.74. The molecular weight excluding hydrogens is 514 g/mol. The molecule has 5 rings (SSSR count). The molecule has 3 aromatic rings. The molecule has 0 spiro atoms.